The fourth-order valence-corrected chi connectivity index (χ4v) is 4.40. The summed E-state index contributed by atoms with van der Waals surface area (Å²) in [5.74, 6) is 2.95. The van der Waals surface area contributed by atoms with E-state index in [1.165, 1.54) is 12.8 Å². The van der Waals surface area contributed by atoms with Gasteiger partial charge in [-0.05, 0) is 44.1 Å². The molecule has 0 amide bonds. The molecule has 1 aliphatic carbocycles. The normalized spacial score (nSPS) is 18.9. The molecule has 0 bridgehead atoms. The number of anilines is 4. The van der Waals surface area contributed by atoms with Crippen molar-refractivity contribution >= 4 is 46.1 Å². The van der Waals surface area contributed by atoms with E-state index in [2.05, 4.69) is 56.1 Å². The van der Waals surface area contributed by atoms with Gasteiger partial charge in [0.2, 0.25) is 5.95 Å². The van der Waals surface area contributed by atoms with E-state index in [0.717, 1.165) is 59.5 Å². The smallest absolute Gasteiger partial charge is 0.228 e. The molecule has 5 rings (SSSR count). The summed E-state index contributed by atoms with van der Waals surface area (Å²) >= 11 is 1.70. The number of nitrogens with one attached hydrogen (secondary N) is 3. The van der Waals surface area contributed by atoms with E-state index in [-0.39, 0.29) is 0 Å². The maximum absolute atomic E-state index is 4.93. The quantitative estimate of drug-likeness (QED) is 0.481. The Kier molecular flexibility index (Phi) is 5.78. The zero-order valence-corrected chi connectivity index (χ0v) is 18.7. The van der Waals surface area contributed by atoms with Crippen LogP contribution in [0.5, 0.6) is 0 Å². The van der Waals surface area contributed by atoms with Crippen LogP contribution in [0.3, 0.4) is 0 Å². The second-order valence-corrected chi connectivity index (χ2v) is 9.09. The summed E-state index contributed by atoms with van der Waals surface area (Å²) in [4.78, 5) is 22.3. The third-order valence-electron chi connectivity index (χ3n) is 5.74. The lowest BCUT2D eigenvalue weighted by Crippen LogP contribution is -2.49. The monoisotopic (exact) mass is 436 g/mol. The second kappa shape index (κ2) is 8.84. The van der Waals surface area contributed by atoms with Gasteiger partial charge in [-0.15, -0.1) is 11.8 Å². The standard InChI is InChI=1S/C22H28N8S/c1-14-12-30(10-9-23-14)22-28-19-18(25-13-26-20(19)24-11-15-7-8-15)21(29-22)27-16-5-3-4-6-17(16)31-2/h3-6,13-15,23H,7-12H2,1-2H3,(H,24,25,26)(H,27,28,29). The third kappa shape index (κ3) is 4.52. The summed E-state index contributed by atoms with van der Waals surface area (Å²) < 4.78 is 0. The van der Waals surface area contributed by atoms with Crippen LogP contribution in [0.1, 0.15) is 19.8 Å². The molecule has 3 N–H and O–H groups in total. The Bertz CT molecular complexity index is 1070. The molecule has 9 heteroatoms. The highest BCUT2D eigenvalue weighted by Gasteiger charge is 2.24. The van der Waals surface area contributed by atoms with Crippen molar-refractivity contribution in [3.63, 3.8) is 0 Å². The molecule has 1 saturated heterocycles. The van der Waals surface area contributed by atoms with Gasteiger partial charge in [0.15, 0.2) is 11.6 Å². The zero-order chi connectivity index (χ0) is 21.2. The minimum Gasteiger partial charge on any atom is -0.368 e. The van der Waals surface area contributed by atoms with E-state index in [1.54, 1.807) is 18.1 Å². The molecule has 1 unspecified atom stereocenters. The lowest BCUT2D eigenvalue weighted by Gasteiger charge is -2.32. The number of nitrogens with zero attached hydrogens (tertiary/aromatic N) is 5. The molecule has 0 radical (unpaired) electrons. The van der Waals surface area contributed by atoms with Gasteiger partial charge in [0.1, 0.15) is 17.4 Å². The van der Waals surface area contributed by atoms with Gasteiger partial charge >= 0.3 is 0 Å². The van der Waals surface area contributed by atoms with Crippen LogP contribution in [0.4, 0.5) is 23.3 Å². The van der Waals surface area contributed by atoms with Crippen molar-refractivity contribution in [3.05, 3.63) is 30.6 Å². The fraction of sp³-hybridized carbons (Fsp3) is 0.455. The molecular formula is C22H28N8S. The van der Waals surface area contributed by atoms with Gasteiger partial charge in [0.25, 0.3) is 0 Å². The van der Waals surface area contributed by atoms with E-state index in [9.17, 15) is 0 Å². The van der Waals surface area contributed by atoms with Gasteiger partial charge in [0, 0.05) is 37.1 Å². The molecule has 162 valence electrons. The molecule has 1 aliphatic heterocycles. The maximum atomic E-state index is 4.93. The van der Waals surface area contributed by atoms with Gasteiger partial charge in [0.05, 0.1) is 5.69 Å². The van der Waals surface area contributed by atoms with Crippen LogP contribution in [0, 0.1) is 5.92 Å². The molecule has 3 heterocycles. The van der Waals surface area contributed by atoms with Crippen LogP contribution in [-0.4, -0.2) is 58.4 Å². The molecular weight excluding hydrogens is 408 g/mol. The Morgan fingerprint density at radius 3 is 2.81 bits per heavy atom. The molecule has 3 aromatic rings. The Morgan fingerprint density at radius 1 is 1.13 bits per heavy atom. The van der Waals surface area contributed by atoms with E-state index >= 15 is 0 Å². The Hall–Kier alpha value is -2.65. The lowest BCUT2D eigenvalue weighted by atomic mass is 10.2. The highest BCUT2D eigenvalue weighted by Crippen LogP contribution is 2.33. The lowest BCUT2D eigenvalue weighted by molar-refractivity contribution is 0.480. The number of thioether (sulfide) groups is 1. The van der Waals surface area contributed by atoms with Crippen molar-refractivity contribution in [1.82, 2.24) is 25.3 Å². The van der Waals surface area contributed by atoms with Gasteiger partial charge in [-0.2, -0.15) is 4.98 Å². The number of hydrogen-bond acceptors (Lipinski definition) is 9. The Labute approximate surface area is 186 Å². The molecule has 0 spiro atoms. The molecule has 2 aliphatic rings. The predicted octanol–water partition coefficient (Wildman–Crippen LogP) is 3.51. The minimum absolute atomic E-state index is 0.390. The summed E-state index contributed by atoms with van der Waals surface area (Å²) in [7, 11) is 0. The topological polar surface area (TPSA) is 90.9 Å². The summed E-state index contributed by atoms with van der Waals surface area (Å²) in [6.45, 7) is 5.76. The number of para-hydroxylation sites is 1. The number of benzene rings is 1. The molecule has 1 saturated carbocycles. The number of hydrogen-bond donors (Lipinski definition) is 3. The van der Waals surface area contributed by atoms with Crippen LogP contribution < -0.4 is 20.9 Å². The maximum Gasteiger partial charge on any atom is 0.228 e. The molecule has 1 aromatic carbocycles. The average molecular weight is 437 g/mol. The number of fused-ring (bicyclic) bond motifs is 1. The molecule has 2 fully saturated rings. The first kappa shape index (κ1) is 20.3. The van der Waals surface area contributed by atoms with Gasteiger partial charge < -0.3 is 20.9 Å². The van der Waals surface area contributed by atoms with E-state index < -0.39 is 0 Å². The van der Waals surface area contributed by atoms with Crippen LogP contribution in [-0.2, 0) is 0 Å². The van der Waals surface area contributed by atoms with Crippen molar-refractivity contribution in [3.8, 4) is 0 Å². The summed E-state index contributed by atoms with van der Waals surface area (Å²) in [6.07, 6.45) is 6.24. The number of piperazine rings is 1. The second-order valence-electron chi connectivity index (χ2n) is 8.24. The molecule has 2 aromatic heterocycles. The van der Waals surface area contributed by atoms with Gasteiger partial charge in [-0.1, -0.05) is 12.1 Å². The molecule has 31 heavy (non-hydrogen) atoms. The van der Waals surface area contributed by atoms with Gasteiger partial charge in [-0.3, -0.25) is 0 Å². The Morgan fingerprint density at radius 2 is 2.00 bits per heavy atom. The van der Waals surface area contributed by atoms with Crippen molar-refractivity contribution < 1.29 is 0 Å². The average Bonchev–Trinajstić information content (AvgIpc) is 3.62. The van der Waals surface area contributed by atoms with Crippen molar-refractivity contribution in [1.29, 1.82) is 0 Å². The van der Waals surface area contributed by atoms with Crippen molar-refractivity contribution in [2.75, 3.05) is 48.0 Å². The molecule has 8 nitrogen and oxygen atoms in total. The number of rotatable bonds is 7. The van der Waals surface area contributed by atoms with Crippen molar-refractivity contribution in [2.45, 2.75) is 30.7 Å². The summed E-state index contributed by atoms with van der Waals surface area (Å²) in [6, 6.07) is 8.64. The molecule has 1 atom stereocenters. The van der Waals surface area contributed by atoms with E-state index in [4.69, 9.17) is 9.97 Å². The highest BCUT2D eigenvalue weighted by atomic mass is 32.2. The zero-order valence-electron chi connectivity index (χ0n) is 17.9. The minimum atomic E-state index is 0.390. The van der Waals surface area contributed by atoms with Crippen molar-refractivity contribution in [2.24, 2.45) is 5.92 Å². The first-order valence-electron chi connectivity index (χ1n) is 10.9. The SMILES string of the molecule is CSc1ccccc1Nc1nc(N2CCNC(C)C2)nc2c(NCC3CC3)ncnc12. The van der Waals surface area contributed by atoms with E-state index in [1.807, 2.05) is 12.1 Å². The number of aromatic nitrogens is 4. The van der Waals surface area contributed by atoms with Gasteiger partial charge in [-0.25, -0.2) is 15.0 Å². The highest BCUT2D eigenvalue weighted by molar-refractivity contribution is 7.98. The Balaban J connectivity index is 1.58. The first-order chi connectivity index (χ1) is 15.2. The first-order valence-corrected chi connectivity index (χ1v) is 12.1. The largest absolute Gasteiger partial charge is 0.368 e. The summed E-state index contributed by atoms with van der Waals surface area (Å²) in [5.41, 5.74) is 2.51. The predicted molar refractivity (Wildman–Crippen MR) is 128 cm³/mol. The van der Waals surface area contributed by atoms with Crippen LogP contribution in [0.2, 0.25) is 0 Å². The van der Waals surface area contributed by atoms with E-state index in [0.29, 0.717) is 17.8 Å². The fourth-order valence-electron chi connectivity index (χ4n) is 3.85. The summed E-state index contributed by atoms with van der Waals surface area (Å²) in [5, 5.41) is 10.5. The van der Waals surface area contributed by atoms with Crippen LogP contribution >= 0.6 is 11.8 Å². The third-order valence-corrected chi connectivity index (χ3v) is 6.53. The van der Waals surface area contributed by atoms with Crippen LogP contribution in [0.15, 0.2) is 35.5 Å². The van der Waals surface area contributed by atoms with Crippen LogP contribution in [0.25, 0.3) is 11.0 Å².